The number of hydrogen-bond acceptors (Lipinski definition) is 1. The lowest BCUT2D eigenvalue weighted by Gasteiger charge is -2.27. The summed E-state index contributed by atoms with van der Waals surface area (Å²) in [6.07, 6.45) is 4.64. The number of nitrogens with one attached hydrogen (secondary N) is 2. The highest BCUT2D eigenvalue weighted by Gasteiger charge is 2.20. The van der Waals surface area contributed by atoms with Gasteiger partial charge in [-0.2, -0.15) is 0 Å². The molecule has 1 aromatic rings. The van der Waals surface area contributed by atoms with Gasteiger partial charge in [-0.3, -0.25) is 0 Å². The van der Waals surface area contributed by atoms with Gasteiger partial charge in [-0.15, -0.1) is 0 Å². The predicted molar refractivity (Wildman–Crippen MR) is 75.0 cm³/mol. The van der Waals surface area contributed by atoms with Crippen LogP contribution in [0.15, 0.2) is 24.3 Å². The van der Waals surface area contributed by atoms with Crippen molar-refractivity contribution in [3.05, 3.63) is 29.3 Å². The summed E-state index contributed by atoms with van der Waals surface area (Å²) in [5.41, 5.74) is 0.765. The standard InChI is InChI=1S/C14H19ClN2O/c1-10-3-2-4-13(9-10)17-14(18)16-12-7-5-11(15)6-8-12/h5-8,10,13H,2-4,9H2,1H3,(H2,16,17,18)/t10-,13-/m0/s1. The molecule has 2 amide bonds. The fraction of sp³-hybridized carbons (Fsp3) is 0.500. The molecule has 0 heterocycles. The van der Waals surface area contributed by atoms with Gasteiger partial charge < -0.3 is 10.6 Å². The van der Waals surface area contributed by atoms with Crippen molar-refractivity contribution in [3.63, 3.8) is 0 Å². The maximum atomic E-state index is 11.8. The molecule has 98 valence electrons. The van der Waals surface area contributed by atoms with E-state index >= 15 is 0 Å². The van der Waals surface area contributed by atoms with Gasteiger partial charge in [0.05, 0.1) is 0 Å². The van der Waals surface area contributed by atoms with Crippen molar-refractivity contribution < 1.29 is 4.79 Å². The van der Waals surface area contributed by atoms with E-state index in [1.54, 1.807) is 24.3 Å². The molecule has 0 saturated heterocycles. The van der Waals surface area contributed by atoms with Gasteiger partial charge in [0.2, 0.25) is 0 Å². The van der Waals surface area contributed by atoms with Crippen LogP contribution in [0.1, 0.15) is 32.6 Å². The Morgan fingerprint density at radius 3 is 2.67 bits per heavy atom. The third-order valence-corrected chi connectivity index (χ3v) is 3.63. The van der Waals surface area contributed by atoms with Gasteiger partial charge in [0.15, 0.2) is 0 Å². The summed E-state index contributed by atoms with van der Waals surface area (Å²) < 4.78 is 0. The summed E-state index contributed by atoms with van der Waals surface area (Å²) in [6, 6.07) is 7.30. The molecule has 0 radical (unpaired) electrons. The molecular weight excluding hydrogens is 248 g/mol. The van der Waals surface area contributed by atoms with E-state index in [4.69, 9.17) is 11.6 Å². The van der Waals surface area contributed by atoms with Crippen molar-refractivity contribution in [2.24, 2.45) is 5.92 Å². The summed E-state index contributed by atoms with van der Waals surface area (Å²) in [4.78, 5) is 11.8. The summed E-state index contributed by atoms with van der Waals surface area (Å²) >= 11 is 5.79. The molecule has 1 saturated carbocycles. The smallest absolute Gasteiger partial charge is 0.319 e. The van der Waals surface area contributed by atoms with Crippen molar-refractivity contribution in [1.29, 1.82) is 0 Å². The lowest BCUT2D eigenvalue weighted by Crippen LogP contribution is -2.40. The lowest BCUT2D eigenvalue weighted by molar-refractivity contribution is 0.238. The highest BCUT2D eigenvalue weighted by Crippen LogP contribution is 2.23. The largest absolute Gasteiger partial charge is 0.335 e. The average molecular weight is 267 g/mol. The number of amides is 2. The number of benzene rings is 1. The van der Waals surface area contributed by atoms with Gasteiger partial charge in [-0.1, -0.05) is 31.4 Å². The monoisotopic (exact) mass is 266 g/mol. The van der Waals surface area contributed by atoms with E-state index in [0.29, 0.717) is 17.0 Å². The van der Waals surface area contributed by atoms with Crippen LogP contribution in [0.25, 0.3) is 0 Å². The first-order chi connectivity index (χ1) is 8.63. The molecule has 0 aliphatic heterocycles. The van der Waals surface area contributed by atoms with E-state index in [9.17, 15) is 4.79 Å². The number of carbonyl (C=O) groups is 1. The Bertz CT molecular complexity index is 405. The van der Waals surface area contributed by atoms with E-state index in [2.05, 4.69) is 17.6 Å². The Morgan fingerprint density at radius 2 is 2.00 bits per heavy atom. The molecule has 1 aromatic carbocycles. The van der Waals surface area contributed by atoms with Crippen LogP contribution in [0.2, 0.25) is 5.02 Å². The number of rotatable bonds is 2. The minimum Gasteiger partial charge on any atom is -0.335 e. The zero-order chi connectivity index (χ0) is 13.0. The van der Waals surface area contributed by atoms with E-state index in [1.165, 1.54) is 12.8 Å². The molecule has 0 spiro atoms. The predicted octanol–water partition coefficient (Wildman–Crippen LogP) is 4.04. The van der Waals surface area contributed by atoms with Gasteiger partial charge >= 0.3 is 6.03 Å². The fourth-order valence-electron chi connectivity index (χ4n) is 2.45. The minimum atomic E-state index is -0.128. The molecule has 2 rings (SSSR count). The van der Waals surface area contributed by atoms with E-state index < -0.39 is 0 Å². The van der Waals surface area contributed by atoms with E-state index in [-0.39, 0.29) is 6.03 Å². The molecule has 1 aliphatic carbocycles. The molecule has 1 aliphatic rings. The van der Waals surface area contributed by atoms with Crippen molar-refractivity contribution in [1.82, 2.24) is 5.32 Å². The van der Waals surface area contributed by atoms with Crippen molar-refractivity contribution in [3.8, 4) is 0 Å². The van der Waals surface area contributed by atoms with Crippen LogP contribution < -0.4 is 10.6 Å². The van der Waals surface area contributed by atoms with Crippen LogP contribution in [-0.4, -0.2) is 12.1 Å². The van der Waals surface area contributed by atoms with Crippen molar-refractivity contribution >= 4 is 23.3 Å². The first-order valence-corrected chi connectivity index (χ1v) is 6.84. The Morgan fingerprint density at radius 1 is 1.28 bits per heavy atom. The maximum absolute atomic E-state index is 11.8. The minimum absolute atomic E-state index is 0.128. The van der Waals surface area contributed by atoms with E-state index in [0.717, 1.165) is 18.5 Å². The molecule has 3 nitrogen and oxygen atoms in total. The van der Waals surface area contributed by atoms with Gasteiger partial charge in [-0.05, 0) is 43.0 Å². The number of halogens is 1. The van der Waals surface area contributed by atoms with Gasteiger partial charge in [-0.25, -0.2) is 4.79 Å². The molecule has 2 atom stereocenters. The van der Waals surface area contributed by atoms with Crippen LogP contribution >= 0.6 is 11.6 Å². The molecule has 4 heteroatoms. The van der Waals surface area contributed by atoms with Crippen LogP contribution in [0, 0.1) is 5.92 Å². The quantitative estimate of drug-likeness (QED) is 0.833. The van der Waals surface area contributed by atoms with Gasteiger partial charge in [0.25, 0.3) is 0 Å². The third-order valence-electron chi connectivity index (χ3n) is 3.37. The molecule has 2 N–H and O–H groups in total. The normalized spacial score (nSPS) is 23.4. The molecule has 0 aromatic heterocycles. The second-order valence-corrected chi connectivity index (χ2v) is 5.51. The lowest BCUT2D eigenvalue weighted by atomic mass is 9.87. The van der Waals surface area contributed by atoms with Crippen LogP contribution in [-0.2, 0) is 0 Å². The molecule has 0 bridgehead atoms. The Balaban J connectivity index is 1.83. The highest BCUT2D eigenvalue weighted by atomic mass is 35.5. The summed E-state index contributed by atoms with van der Waals surface area (Å²) in [5.74, 6) is 0.708. The molecule has 0 unspecified atom stereocenters. The second-order valence-electron chi connectivity index (χ2n) is 5.07. The summed E-state index contributed by atoms with van der Waals surface area (Å²) in [7, 11) is 0. The van der Waals surface area contributed by atoms with Crippen molar-refractivity contribution in [2.75, 3.05) is 5.32 Å². The number of anilines is 1. The summed E-state index contributed by atoms with van der Waals surface area (Å²) in [6.45, 7) is 2.24. The Hall–Kier alpha value is -1.22. The fourth-order valence-corrected chi connectivity index (χ4v) is 2.58. The molecule has 18 heavy (non-hydrogen) atoms. The number of carbonyl (C=O) groups excluding carboxylic acids is 1. The topological polar surface area (TPSA) is 41.1 Å². The highest BCUT2D eigenvalue weighted by molar-refractivity contribution is 6.30. The first-order valence-electron chi connectivity index (χ1n) is 6.46. The zero-order valence-electron chi connectivity index (χ0n) is 10.6. The SMILES string of the molecule is C[C@H]1CCC[C@H](NC(=O)Nc2ccc(Cl)cc2)C1. The maximum Gasteiger partial charge on any atom is 0.319 e. The molecular formula is C14H19ClN2O. The Labute approximate surface area is 113 Å². The third kappa shape index (κ3) is 3.91. The average Bonchev–Trinajstić information content (AvgIpc) is 2.32. The van der Waals surface area contributed by atoms with Gasteiger partial charge in [0.1, 0.15) is 0 Å². The number of hydrogen-bond donors (Lipinski definition) is 2. The van der Waals surface area contributed by atoms with Crippen LogP contribution in [0.5, 0.6) is 0 Å². The Kier molecular flexibility index (Phi) is 4.48. The first kappa shape index (κ1) is 13.2. The summed E-state index contributed by atoms with van der Waals surface area (Å²) in [5, 5.41) is 6.52. The zero-order valence-corrected chi connectivity index (χ0v) is 11.3. The van der Waals surface area contributed by atoms with Crippen LogP contribution in [0.4, 0.5) is 10.5 Å². The van der Waals surface area contributed by atoms with E-state index in [1.807, 2.05) is 0 Å². The molecule has 1 fully saturated rings. The van der Waals surface area contributed by atoms with Gasteiger partial charge in [0, 0.05) is 16.8 Å². The van der Waals surface area contributed by atoms with Crippen LogP contribution in [0.3, 0.4) is 0 Å². The van der Waals surface area contributed by atoms with Crippen molar-refractivity contribution in [2.45, 2.75) is 38.6 Å². The second kappa shape index (κ2) is 6.10. The number of urea groups is 1.